The quantitative estimate of drug-likeness (QED) is 0.656. The van der Waals surface area contributed by atoms with Crippen LogP contribution in [0.25, 0.3) is 0 Å². The first-order chi connectivity index (χ1) is 7.40. The second kappa shape index (κ2) is 5.15. The predicted molar refractivity (Wildman–Crippen MR) is 51.0 cm³/mol. The van der Waals surface area contributed by atoms with Crippen LogP contribution in [0.1, 0.15) is 5.82 Å². The summed E-state index contributed by atoms with van der Waals surface area (Å²) in [4.78, 5) is 2.24. The summed E-state index contributed by atoms with van der Waals surface area (Å²) in [6.45, 7) is 4.57. The molecule has 0 unspecified atom stereocenters. The third-order valence-corrected chi connectivity index (χ3v) is 2.39. The minimum absolute atomic E-state index is 0.0567. The molecule has 1 aromatic rings. The Hall–Kier alpha value is -1.05. The van der Waals surface area contributed by atoms with E-state index in [1.165, 1.54) is 0 Å². The van der Waals surface area contributed by atoms with Gasteiger partial charge in [-0.15, -0.1) is 5.10 Å². The molecule has 0 spiro atoms. The van der Waals surface area contributed by atoms with Crippen LogP contribution in [0.15, 0.2) is 0 Å². The van der Waals surface area contributed by atoms with E-state index in [0.717, 1.165) is 38.7 Å². The van der Waals surface area contributed by atoms with Crippen molar-refractivity contribution in [2.24, 2.45) is 0 Å². The van der Waals surface area contributed by atoms with Gasteiger partial charge in [0.2, 0.25) is 0 Å². The molecule has 0 aliphatic carbocycles. The minimum atomic E-state index is 0.0567. The Morgan fingerprint density at radius 1 is 1.33 bits per heavy atom. The highest BCUT2D eigenvalue weighted by Gasteiger charge is 2.14. The molecular formula is C8H15N5O2. The molecule has 0 bridgehead atoms. The first kappa shape index (κ1) is 10.5. The lowest BCUT2D eigenvalue weighted by atomic mass is 10.4. The number of rotatable bonds is 4. The van der Waals surface area contributed by atoms with Gasteiger partial charge in [0.05, 0.1) is 32.9 Å². The van der Waals surface area contributed by atoms with Crippen molar-refractivity contribution in [1.82, 2.24) is 25.1 Å². The van der Waals surface area contributed by atoms with Gasteiger partial charge in [0.25, 0.3) is 0 Å². The maximum Gasteiger partial charge on any atom is 0.165 e. The number of ether oxygens (including phenoxy) is 1. The van der Waals surface area contributed by atoms with E-state index in [1.54, 1.807) is 4.68 Å². The third kappa shape index (κ3) is 2.71. The van der Waals surface area contributed by atoms with Crippen molar-refractivity contribution in [3.63, 3.8) is 0 Å². The summed E-state index contributed by atoms with van der Waals surface area (Å²) >= 11 is 0. The van der Waals surface area contributed by atoms with Crippen LogP contribution in [0.5, 0.6) is 0 Å². The van der Waals surface area contributed by atoms with Crippen LogP contribution in [0.3, 0.4) is 0 Å². The van der Waals surface area contributed by atoms with Crippen LogP contribution in [0.2, 0.25) is 0 Å². The molecule has 2 heterocycles. The summed E-state index contributed by atoms with van der Waals surface area (Å²) in [6, 6.07) is 0. The maximum atomic E-state index is 8.82. The number of morpholine rings is 1. The molecule has 0 amide bonds. The minimum Gasteiger partial charge on any atom is -0.394 e. The molecule has 84 valence electrons. The molecule has 0 aromatic carbocycles. The van der Waals surface area contributed by atoms with Gasteiger partial charge in [-0.2, -0.15) is 0 Å². The Morgan fingerprint density at radius 3 is 2.87 bits per heavy atom. The first-order valence-corrected chi connectivity index (χ1v) is 5.06. The van der Waals surface area contributed by atoms with Gasteiger partial charge < -0.3 is 9.84 Å². The summed E-state index contributed by atoms with van der Waals surface area (Å²) in [5.41, 5.74) is 0. The van der Waals surface area contributed by atoms with Gasteiger partial charge in [0, 0.05) is 13.1 Å². The number of nitrogens with zero attached hydrogens (tertiary/aromatic N) is 5. The number of aromatic nitrogens is 4. The summed E-state index contributed by atoms with van der Waals surface area (Å²) in [7, 11) is 0. The number of aliphatic hydroxyl groups excluding tert-OH is 1. The van der Waals surface area contributed by atoms with Gasteiger partial charge in [-0.3, -0.25) is 4.90 Å². The van der Waals surface area contributed by atoms with Crippen LogP contribution in [0.4, 0.5) is 0 Å². The fraction of sp³-hybridized carbons (Fsp3) is 0.875. The number of hydrogen-bond acceptors (Lipinski definition) is 6. The lowest BCUT2D eigenvalue weighted by Gasteiger charge is -2.25. The zero-order valence-corrected chi connectivity index (χ0v) is 8.54. The number of tetrazole rings is 1. The van der Waals surface area contributed by atoms with Gasteiger partial charge in [-0.05, 0) is 10.4 Å². The second-order valence-corrected chi connectivity index (χ2v) is 3.43. The fourth-order valence-corrected chi connectivity index (χ4v) is 1.56. The van der Waals surface area contributed by atoms with Gasteiger partial charge >= 0.3 is 0 Å². The zero-order chi connectivity index (χ0) is 10.5. The third-order valence-electron chi connectivity index (χ3n) is 2.39. The topological polar surface area (TPSA) is 76.3 Å². The van der Waals surface area contributed by atoms with Crippen molar-refractivity contribution < 1.29 is 9.84 Å². The van der Waals surface area contributed by atoms with Gasteiger partial charge in [-0.25, -0.2) is 4.68 Å². The molecule has 1 fully saturated rings. The molecule has 7 nitrogen and oxygen atoms in total. The Bertz CT molecular complexity index is 297. The zero-order valence-electron chi connectivity index (χ0n) is 8.54. The van der Waals surface area contributed by atoms with E-state index in [4.69, 9.17) is 9.84 Å². The van der Waals surface area contributed by atoms with Crippen molar-refractivity contribution in [3.05, 3.63) is 5.82 Å². The van der Waals surface area contributed by atoms with Crippen LogP contribution in [-0.4, -0.2) is 63.1 Å². The largest absolute Gasteiger partial charge is 0.394 e. The SMILES string of the molecule is OCCn1nnnc1CN1CCOCC1. The summed E-state index contributed by atoms with van der Waals surface area (Å²) < 4.78 is 6.89. The van der Waals surface area contributed by atoms with E-state index < -0.39 is 0 Å². The molecule has 1 N–H and O–H groups in total. The molecule has 15 heavy (non-hydrogen) atoms. The van der Waals surface area contributed by atoms with E-state index >= 15 is 0 Å². The van der Waals surface area contributed by atoms with Crippen molar-refractivity contribution in [1.29, 1.82) is 0 Å². The van der Waals surface area contributed by atoms with E-state index in [0.29, 0.717) is 6.54 Å². The first-order valence-electron chi connectivity index (χ1n) is 5.06. The Morgan fingerprint density at radius 2 is 2.13 bits per heavy atom. The van der Waals surface area contributed by atoms with Crippen LogP contribution in [-0.2, 0) is 17.8 Å². The molecule has 1 aromatic heterocycles. The Balaban J connectivity index is 1.93. The summed E-state index contributed by atoms with van der Waals surface area (Å²) in [5.74, 6) is 0.797. The average Bonchev–Trinajstić information content (AvgIpc) is 2.68. The molecular weight excluding hydrogens is 198 g/mol. The van der Waals surface area contributed by atoms with Gasteiger partial charge in [-0.1, -0.05) is 0 Å². The standard InChI is InChI=1S/C8H15N5O2/c14-4-1-13-8(9-10-11-13)7-12-2-5-15-6-3-12/h14H,1-7H2. The average molecular weight is 213 g/mol. The van der Waals surface area contributed by atoms with Crippen LogP contribution < -0.4 is 0 Å². The highest BCUT2D eigenvalue weighted by atomic mass is 16.5. The van der Waals surface area contributed by atoms with Crippen LogP contribution in [0, 0.1) is 0 Å². The summed E-state index contributed by atoms with van der Waals surface area (Å²) in [5, 5.41) is 20.2. The van der Waals surface area contributed by atoms with Gasteiger partial charge in [0.15, 0.2) is 5.82 Å². The van der Waals surface area contributed by atoms with Crippen molar-refractivity contribution >= 4 is 0 Å². The van der Waals surface area contributed by atoms with Crippen molar-refractivity contribution in [3.8, 4) is 0 Å². The van der Waals surface area contributed by atoms with Crippen molar-refractivity contribution in [2.45, 2.75) is 13.1 Å². The molecule has 0 atom stereocenters. The smallest absolute Gasteiger partial charge is 0.165 e. The monoisotopic (exact) mass is 213 g/mol. The molecule has 1 aliphatic heterocycles. The number of aliphatic hydroxyl groups is 1. The predicted octanol–water partition coefficient (Wildman–Crippen LogP) is -1.50. The van der Waals surface area contributed by atoms with E-state index in [-0.39, 0.29) is 6.61 Å². The van der Waals surface area contributed by atoms with E-state index in [1.807, 2.05) is 0 Å². The molecule has 7 heteroatoms. The Kier molecular flexibility index (Phi) is 3.59. The molecule has 0 radical (unpaired) electrons. The molecule has 2 rings (SSSR count). The lowest BCUT2D eigenvalue weighted by molar-refractivity contribution is 0.0323. The second-order valence-electron chi connectivity index (χ2n) is 3.43. The molecule has 1 aliphatic rings. The summed E-state index contributed by atoms with van der Waals surface area (Å²) in [6.07, 6.45) is 0. The van der Waals surface area contributed by atoms with E-state index in [2.05, 4.69) is 20.4 Å². The van der Waals surface area contributed by atoms with Gasteiger partial charge in [0.1, 0.15) is 0 Å². The normalized spacial score (nSPS) is 18.2. The number of hydrogen-bond donors (Lipinski definition) is 1. The highest BCUT2D eigenvalue weighted by molar-refractivity contribution is 4.81. The lowest BCUT2D eigenvalue weighted by Crippen LogP contribution is -2.36. The maximum absolute atomic E-state index is 8.82. The van der Waals surface area contributed by atoms with Crippen LogP contribution >= 0.6 is 0 Å². The molecule has 1 saturated heterocycles. The van der Waals surface area contributed by atoms with E-state index in [9.17, 15) is 0 Å². The van der Waals surface area contributed by atoms with Crippen molar-refractivity contribution in [2.75, 3.05) is 32.9 Å². The highest BCUT2D eigenvalue weighted by Crippen LogP contribution is 2.03. The fourth-order valence-electron chi connectivity index (χ4n) is 1.56. The Labute approximate surface area is 87.6 Å². The molecule has 0 saturated carbocycles.